The molecule has 0 aliphatic rings. The number of aryl methyl sites for hydroxylation is 1. The Balaban J connectivity index is 2.41. The summed E-state index contributed by atoms with van der Waals surface area (Å²) in [6.07, 6.45) is 2.01. The minimum absolute atomic E-state index is 0.399. The number of thioether (sulfide) groups is 1. The van der Waals surface area contributed by atoms with Crippen molar-refractivity contribution in [1.82, 2.24) is 4.98 Å². The van der Waals surface area contributed by atoms with Crippen LogP contribution in [0.25, 0.3) is 0 Å². The summed E-state index contributed by atoms with van der Waals surface area (Å²) < 4.78 is 0. The molecule has 0 fully saturated rings. The van der Waals surface area contributed by atoms with Gasteiger partial charge in [-0.2, -0.15) is 0 Å². The average molecular weight is 295 g/mol. The molecule has 1 heterocycles. The number of thiocarbonyl (C=S) groups is 1. The Morgan fingerprint density at radius 1 is 1.50 bits per heavy atom. The maximum absolute atomic E-state index is 5.81. The summed E-state index contributed by atoms with van der Waals surface area (Å²) in [7, 11) is 0. The molecule has 0 saturated carbocycles. The molecule has 0 radical (unpaired) electrons. The van der Waals surface area contributed by atoms with E-state index in [1.54, 1.807) is 23.1 Å². The second kappa shape index (κ2) is 5.69. The van der Waals surface area contributed by atoms with Gasteiger partial charge >= 0.3 is 0 Å². The second-order valence-electron chi connectivity index (χ2n) is 3.67. The second-order valence-corrected chi connectivity index (χ2v) is 5.81. The summed E-state index contributed by atoms with van der Waals surface area (Å²) >= 11 is 8.33. The molecule has 0 unspecified atom stereocenters. The van der Waals surface area contributed by atoms with Crippen molar-refractivity contribution in [3.05, 3.63) is 34.8 Å². The van der Waals surface area contributed by atoms with Gasteiger partial charge in [0, 0.05) is 15.8 Å². The molecule has 0 aliphatic heterocycles. The Bertz CT molecular complexity index is 578. The average Bonchev–Trinajstić information content (AvgIpc) is 2.74. The third-order valence-corrected chi connectivity index (χ3v) is 4.21. The van der Waals surface area contributed by atoms with E-state index < -0.39 is 0 Å². The molecular formula is C12H13N3S3. The van der Waals surface area contributed by atoms with Gasteiger partial charge in [0.2, 0.25) is 0 Å². The molecule has 94 valence electrons. The van der Waals surface area contributed by atoms with Crippen LogP contribution in [0.4, 0.5) is 10.8 Å². The van der Waals surface area contributed by atoms with Gasteiger partial charge in [-0.05, 0) is 25.3 Å². The number of nitrogens with two attached hydrogens (primary N) is 1. The first kappa shape index (κ1) is 13.3. The number of nitrogens with zero attached hydrogens (tertiary/aromatic N) is 1. The minimum Gasteiger partial charge on any atom is -0.389 e. The number of rotatable bonds is 4. The number of nitrogens with one attached hydrogen (secondary N) is 1. The Morgan fingerprint density at radius 2 is 2.28 bits per heavy atom. The van der Waals surface area contributed by atoms with Crippen LogP contribution in [0, 0.1) is 6.92 Å². The highest BCUT2D eigenvalue weighted by Gasteiger charge is 2.11. The molecule has 0 spiro atoms. The molecule has 3 N–H and O–H groups in total. The maximum atomic E-state index is 5.81. The molecule has 0 aliphatic carbocycles. The predicted octanol–water partition coefficient (Wildman–Crippen LogP) is 3.55. The van der Waals surface area contributed by atoms with Crippen LogP contribution in [0.5, 0.6) is 0 Å². The lowest BCUT2D eigenvalue weighted by Crippen LogP contribution is -2.13. The topological polar surface area (TPSA) is 50.9 Å². The quantitative estimate of drug-likeness (QED) is 0.667. The summed E-state index contributed by atoms with van der Waals surface area (Å²) in [6.45, 7) is 1.97. The zero-order chi connectivity index (χ0) is 13.1. The molecule has 6 heteroatoms. The Labute approximate surface area is 120 Å². The van der Waals surface area contributed by atoms with E-state index in [4.69, 9.17) is 18.0 Å². The predicted molar refractivity (Wildman–Crippen MR) is 84.2 cm³/mol. The van der Waals surface area contributed by atoms with Gasteiger partial charge in [0.05, 0.1) is 11.4 Å². The summed E-state index contributed by atoms with van der Waals surface area (Å²) in [5, 5.41) is 6.13. The van der Waals surface area contributed by atoms with Crippen LogP contribution < -0.4 is 11.1 Å². The van der Waals surface area contributed by atoms with Crippen molar-refractivity contribution < 1.29 is 0 Å². The lowest BCUT2D eigenvalue weighted by molar-refractivity contribution is 1.26. The fourth-order valence-electron chi connectivity index (χ4n) is 1.59. The van der Waals surface area contributed by atoms with Crippen molar-refractivity contribution in [2.45, 2.75) is 11.8 Å². The van der Waals surface area contributed by atoms with Crippen LogP contribution in [0.1, 0.15) is 11.3 Å². The van der Waals surface area contributed by atoms with E-state index in [2.05, 4.69) is 10.3 Å². The van der Waals surface area contributed by atoms with Gasteiger partial charge in [0.25, 0.3) is 0 Å². The monoisotopic (exact) mass is 295 g/mol. The van der Waals surface area contributed by atoms with Crippen LogP contribution >= 0.6 is 35.3 Å². The van der Waals surface area contributed by atoms with Crippen LogP contribution in [0.15, 0.2) is 28.5 Å². The first-order valence-electron chi connectivity index (χ1n) is 5.27. The van der Waals surface area contributed by atoms with Crippen LogP contribution in [-0.4, -0.2) is 16.2 Å². The number of aromatic nitrogens is 1. The van der Waals surface area contributed by atoms with E-state index in [0.29, 0.717) is 4.99 Å². The molecule has 2 rings (SSSR count). The minimum atomic E-state index is 0.399. The van der Waals surface area contributed by atoms with Crippen LogP contribution in [0.2, 0.25) is 0 Å². The van der Waals surface area contributed by atoms with Gasteiger partial charge < -0.3 is 11.1 Å². The Hall–Kier alpha value is -1.11. The number of anilines is 2. The van der Waals surface area contributed by atoms with E-state index in [0.717, 1.165) is 27.0 Å². The Kier molecular flexibility index (Phi) is 4.21. The van der Waals surface area contributed by atoms with Gasteiger partial charge in [-0.15, -0.1) is 23.1 Å². The van der Waals surface area contributed by atoms with E-state index in [1.807, 2.05) is 36.8 Å². The number of hydrogen-bond donors (Lipinski definition) is 2. The van der Waals surface area contributed by atoms with Crippen molar-refractivity contribution in [2.75, 3.05) is 11.6 Å². The molecule has 0 saturated heterocycles. The van der Waals surface area contributed by atoms with Gasteiger partial charge in [-0.1, -0.05) is 18.3 Å². The highest BCUT2D eigenvalue weighted by atomic mass is 32.2. The van der Waals surface area contributed by atoms with Crippen LogP contribution in [-0.2, 0) is 0 Å². The normalized spacial score (nSPS) is 10.3. The van der Waals surface area contributed by atoms with Crippen molar-refractivity contribution in [3.63, 3.8) is 0 Å². The lowest BCUT2D eigenvalue weighted by Gasteiger charge is -2.12. The largest absolute Gasteiger partial charge is 0.389 e. The molecule has 0 amide bonds. The van der Waals surface area contributed by atoms with Crippen molar-refractivity contribution in [2.24, 2.45) is 5.73 Å². The van der Waals surface area contributed by atoms with E-state index >= 15 is 0 Å². The Morgan fingerprint density at radius 3 is 2.83 bits per heavy atom. The molecule has 1 aromatic heterocycles. The summed E-state index contributed by atoms with van der Waals surface area (Å²) in [5.41, 5.74) is 8.60. The molecule has 18 heavy (non-hydrogen) atoms. The number of benzene rings is 1. The lowest BCUT2D eigenvalue weighted by atomic mass is 10.2. The SMILES string of the molecule is CSc1cccc(Nc2nc(C)cs2)c1C(N)=S. The first-order valence-corrected chi connectivity index (χ1v) is 7.79. The fraction of sp³-hybridized carbons (Fsp3) is 0.167. The first-order chi connectivity index (χ1) is 8.61. The van der Waals surface area contributed by atoms with Gasteiger partial charge in [-0.25, -0.2) is 4.98 Å². The molecule has 3 nitrogen and oxygen atoms in total. The number of thiazole rings is 1. The van der Waals surface area contributed by atoms with Crippen molar-refractivity contribution in [1.29, 1.82) is 0 Å². The van der Waals surface area contributed by atoms with Gasteiger partial charge in [0.1, 0.15) is 4.99 Å². The fourth-order valence-corrected chi connectivity index (χ4v) is 3.21. The molecule has 2 aromatic rings. The summed E-state index contributed by atoms with van der Waals surface area (Å²) in [4.78, 5) is 5.85. The van der Waals surface area contributed by atoms with E-state index in [9.17, 15) is 0 Å². The zero-order valence-electron chi connectivity index (χ0n) is 10.1. The molecule has 0 bridgehead atoms. The van der Waals surface area contributed by atoms with Gasteiger partial charge in [-0.3, -0.25) is 0 Å². The molecular weight excluding hydrogens is 282 g/mol. The smallest absolute Gasteiger partial charge is 0.187 e. The van der Waals surface area contributed by atoms with Crippen molar-refractivity contribution >= 4 is 51.1 Å². The maximum Gasteiger partial charge on any atom is 0.187 e. The zero-order valence-corrected chi connectivity index (χ0v) is 12.5. The van der Waals surface area contributed by atoms with E-state index in [1.165, 1.54) is 0 Å². The third kappa shape index (κ3) is 2.82. The van der Waals surface area contributed by atoms with Crippen LogP contribution in [0.3, 0.4) is 0 Å². The number of hydrogen-bond acceptors (Lipinski definition) is 5. The molecule has 1 aromatic carbocycles. The summed E-state index contributed by atoms with van der Waals surface area (Å²) in [6, 6.07) is 5.96. The standard InChI is InChI=1S/C12H13N3S3/c1-7-6-18-12(14-7)15-8-4-3-5-9(17-2)10(8)11(13)16/h3-6H,1-2H3,(H2,13,16)(H,14,15). The van der Waals surface area contributed by atoms with Gasteiger partial charge in [0.15, 0.2) is 5.13 Å². The van der Waals surface area contributed by atoms with E-state index in [-0.39, 0.29) is 0 Å². The highest BCUT2D eigenvalue weighted by molar-refractivity contribution is 7.98. The third-order valence-electron chi connectivity index (χ3n) is 2.35. The van der Waals surface area contributed by atoms with Crippen molar-refractivity contribution in [3.8, 4) is 0 Å². The highest BCUT2D eigenvalue weighted by Crippen LogP contribution is 2.30. The summed E-state index contributed by atoms with van der Waals surface area (Å²) in [5.74, 6) is 0. The molecule has 0 atom stereocenters.